The SMILES string of the molecule is N#Cc1ccc(N2C(=O)CC(=O)NC2=O)cc1Cl. The second-order valence-electron chi connectivity index (χ2n) is 3.54. The molecule has 0 bridgehead atoms. The summed E-state index contributed by atoms with van der Waals surface area (Å²) in [5.74, 6) is -1.27. The summed E-state index contributed by atoms with van der Waals surface area (Å²) in [6.07, 6.45) is -0.399. The number of nitrogens with zero attached hydrogens (tertiary/aromatic N) is 2. The van der Waals surface area contributed by atoms with Crippen molar-refractivity contribution in [2.75, 3.05) is 4.90 Å². The highest BCUT2D eigenvalue weighted by molar-refractivity contribution is 6.32. The second-order valence-corrected chi connectivity index (χ2v) is 3.94. The van der Waals surface area contributed by atoms with E-state index in [9.17, 15) is 14.4 Å². The zero-order valence-corrected chi connectivity index (χ0v) is 9.69. The van der Waals surface area contributed by atoms with Crippen molar-refractivity contribution in [3.05, 3.63) is 28.8 Å². The molecule has 0 aliphatic carbocycles. The van der Waals surface area contributed by atoms with Gasteiger partial charge in [-0.15, -0.1) is 0 Å². The maximum atomic E-state index is 11.6. The summed E-state index contributed by atoms with van der Waals surface area (Å²) in [7, 11) is 0. The number of nitriles is 1. The van der Waals surface area contributed by atoms with E-state index in [0.717, 1.165) is 4.90 Å². The van der Waals surface area contributed by atoms with Crippen molar-refractivity contribution in [3.8, 4) is 6.07 Å². The highest BCUT2D eigenvalue weighted by Gasteiger charge is 2.32. The zero-order valence-electron chi connectivity index (χ0n) is 8.94. The minimum Gasteiger partial charge on any atom is -0.277 e. The molecule has 1 aliphatic rings. The smallest absolute Gasteiger partial charge is 0.277 e. The van der Waals surface area contributed by atoms with Crippen LogP contribution in [0.2, 0.25) is 5.02 Å². The molecule has 1 N–H and O–H groups in total. The van der Waals surface area contributed by atoms with E-state index in [4.69, 9.17) is 16.9 Å². The molecule has 1 fully saturated rings. The molecule has 90 valence electrons. The Balaban J connectivity index is 2.40. The summed E-state index contributed by atoms with van der Waals surface area (Å²) in [5.41, 5.74) is 0.454. The fraction of sp³-hybridized carbons (Fsp3) is 0.0909. The normalized spacial score (nSPS) is 15.3. The molecule has 1 heterocycles. The molecule has 18 heavy (non-hydrogen) atoms. The van der Waals surface area contributed by atoms with Crippen LogP contribution in [0, 0.1) is 11.3 Å². The van der Waals surface area contributed by atoms with Crippen LogP contribution in [0.25, 0.3) is 0 Å². The van der Waals surface area contributed by atoms with Crippen LogP contribution in [0.3, 0.4) is 0 Å². The highest BCUT2D eigenvalue weighted by Crippen LogP contribution is 2.24. The van der Waals surface area contributed by atoms with Crippen molar-refractivity contribution < 1.29 is 14.4 Å². The Morgan fingerprint density at radius 3 is 2.61 bits per heavy atom. The van der Waals surface area contributed by atoms with E-state index in [1.807, 2.05) is 11.4 Å². The molecule has 7 heteroatoms. The number of rotatable bonds is 1. The van der Waals surface area contributed by atoms with Crippen LogP contribution in [0.15, 0.2) is 18.2 Å². The molecule has 0 unspecified atom stereocenters. The lowest BCUT2D eigenvalue weighted by Gasteiger charge is -2.24. The molecule has 6 nitrogen and oxygen atoms in total. The van der Waals surface area contributed by atoms with Gasteiger partial charge in [0, 0.05) is 0 Å². The third-order valence-electron chi connectivity index (χ3n) is 2.34. The zero-order chi connectivity index (χ0) is 13.3. The first kappa shape index (κ1) is 12.1. The number of nitrogens with one attached hydrogen (secondary N) is 1. The number of hydrogen-bond acceptors (Lipinski definition) is 4. The number of imide groups is 2. The van der Waals surface area contributed by atoms with Crippen molar-refractivity contribution in [1.29, 1.82) is 5.26 Å². The monoisotopic (exact) mass is 263 g/mol. The maximum absolute atomic E-state index is 11.6. The van der Waals surface area contributed by atoms with E-state index in [1.165, 1.54) is 18.2 Å². The van der Waals surface area contributed by atoms with Crippen LogP contribution >= 0.6 is 11.6 Å². The molecular formula is C11H6ClN3O3. The van der Waals surface area contributed by atoms with Crippen LogP contribution in [-0.4, -0.2) is 17.8 Å². The number of carbonyl (C=O) groups excluding carboxylic acids is 3. The number of halogens is 1. The Morgan fingerprint density at radius 2 is 2.06 bits per heavy atom. The van der Waals surface area contributed by atoms with Gasteiger partial charge in [0.1, 0.15) is 12.5 Å². The summed E-state index contributed by atoms with van der Waals surface area (Å²) in [4.78, 5) is 35.0. The molecule has 0 aromatic heterocycles. The number of barbiturate groups is 1. The molecule has 0 spiro atoms. The fourth-order valence-corrected chi connectivity index (χ4v) is 1.76. The molecule has 0 saturated carbocycles. The molecule has 0 radical (unpaired) electrons. The predicted molar refractivity (Wildman–Crippen MR) is 61.8 cm³/mol. The standard InChI is InChI=1S/C11H6ClN3O3/c12-8-3-7(2-1-6(8)5-13)15-10(17)4-9(16)14-11(15)18/h1-3H,4H2,(H,14,16,18). The Labute approximate surface area is 107 Å². The molecule has 4 amide bonds. The fourth-order valence-electron chi connectivity index (χ4n) is 1.54. The Bertz CT molecular complexity index is 586. The highest BCUT2D eigenvalue weighted by atomic mass is 35.5. The third kappa shape index (κ3) is 2.04. The lowest BCUT2D eigenvalue weighted by molar-refractivity contribution is -0.128. The number of anilines is 1. The largest absolute Gasteiger partial charge is 0.335 e. The van der Waals surface area contributed by atoms with E-state index in [2.05, 4.69) is 0 Å². The summed E-state index contributed by atoms with van der Waals surface area (Å²) >= 11 is 5.81. The lowest BCUT2D eigenvalue weighted by atomic mass is 10.2. The van der Waals surface area contributed by atoms with Crippen molar-refractivity contribution >= 4 is 35.1 Å². The average Bonchev–Trinajstić information content (AvgIpc) is 2.27. The molecule has 0 atom stereocenters. The Hall–Kier alpha value is -2.39. The molecule has 1 aromatic carbocycles. The van der Waals surface area contributed by atoms with Gasteiger partial charge in [-0.3, -0.25) is 14.9 Å². The topological polar surface area (TPSA) is 90.3 Å². The summed E-state index contributed by atoms with van der Waals surface area (Å²) in [6.45, 7) is 0. The van der Waals surface area contributed by atoms with E-state index in [1.54, 1.807) is 0 Å². The second kappa shape index (κ2) is 4.47. The minimum absolute atomic E-state index is 0.132. The van der Waals surface area contributed by atoms with Crippen LogP contribution in [0.1, 0.15) is 12.0 Å². The van der Waals surface area contributed by atoms with E-state index >= 15 is 0 Å². The van der Waals surface area contributed by atoms with Crippen LogP contribution in [0.4, 0.5) is 10.5 Å². The van der Waals surface area contributed by atoms with Gasteiger partial charge in [0.25, 0.3) is 0 Å². The number of hydrogen-bond donors (Lipinski definition) is 1. The van der Waals surface area contributed by atoms with E-state index in [0.29, 0.717) is 0 Å². The van der Waals surface area contributed by atoms with Gasteiger partial charge in [-0.05, 0) is 18.2 Å². The summed E-state index contributed by atoms with van der Waals surface area (Å²) in [5, 5.41) is 10.9. The molecule has 1 aromatic rings. The van der Waals surface area contributed by atoms with E-state index < -0.39 is 24.3 Å². The van der Waals surface area contributed by atoms with Gasteiger partial charge in [0.15, 0.2) is 0 Å². The van der Waals surface area contributed by atoms with Crippen LogP contribution in [-0.2, 0) is 9.59 Å². The first-order valence-corrected chi connectivity index (χ1v) is 5.27. The average molecular weight is 264 g/mol. The van der Waals surface area contributed by atoms with Crippen molar-refractivity contribution in [1.82, 2.24) is 5.32 Å². The third-order valence-corrected chi connectivity index (χ3v) is 2.65. The van der Waals surface area contributed by atoms with Gasteiger partial charge in [-0.2, -0.15) is 5.26 Å². The maximum Gasteiger partial charge on any atom is 0.335 e. The van der Waals surface area contributed by atoms with Crippen molar-refractivity contribution in [2.24, 2.45) is 0 Å². The number of benzene rings is 1. The molecule has 1 saturated heterocycles. The quantitative estimate of drug-likeness (QED) is 0.771. The Morgan fingerprint density at radius 1 is 1.33 bits per heavy atom. The number of amides is 4. The predicted octanol–water partition coefficient (Wildman–Crippen LogP) is 1.18. The van der Waals surface area contributed by atoms with E-state index in [-0.39, 0.29) is 16.3 Å². The Kier molecular flexibility index (Phi) is 3.00. The van der Waals surface area contributed by atoms with Crippen molar-refractivity contribution in [3.63, 3.8) is 0 Å². The van der Waals surface area contributed by atoms with Gasteiger partial charge in [0.05, 0.1) is 16.3 Å². The van der Waals surface area contributed by atoms with Gasteiger partial charge < -0.3 is 0 Å². The van der Waals surface area contributed by atoms with Crippen molar-refractivity contribution in [2.45, 2.75) is 6.42 Å². The first-order valence-electron chi connectivity index (χ1n) is 4.89. The summed E-state index contributed by atoms with van der Waals surface area (Å²) < 4.78 is 0. The van der Waals surface area contributed by atoms with Crippen LogP contribution < -0.4 is 10.2 Å². The molecular weight excluding hydrogens is 258 g/mol. The number of carbonyl (C=O) groups is 3. The molecule has 2 rings (SSSR count). The van der Waals surface area contributed by atoms with Gasteiger partial charge >= 0.3 is 6.03 Å². The van der Waals surface area contributed by atoms with Crippen LogP contribution in [0.5, 0.6) is 0 Å². The van der Waals surface area contributed by atoms with Gasteiger partial charge in [0.2, 0.25) is 11.8 Å². The van der Waals surface area contributed by atoms with Gasteiger partial charge in [-0.25, -0.2) is 9.69 Å². The summed E-state index contributed by atoms with van der Waals surface area (Å²) in [6, 6.07) is 5.18. The lowest BCUT2D eigenvalue weighted by Crippen LogP contribution is -2.52. The minimum atomic E-state index is -0.822. The first-order chi connectivity index (χ1) is 8.52. The van der Waals surface area contributed by atoms with Gasteiger partial charge in [-0.1, -0.05) is 11.6 Å². The number of urea groups is 1. The molecule has 1 aliphatic heterocycles.